The first-order valence-electron chi connectivity index (χ1n) is 7.43. The van der Waals surface area contributed by atoms with Crippen LogP contribution >= 0.6 is 11.3 Å². The average Bonchev–Trinajstić information content (AvgIpc) is 2.95. The first kappa shape index (κ1) is 13.8. The van der Waals surface area contributed by atoms with E-state index in [0.29, 0.717) is 6.04 Å². The van der Waals surface area contributed by atoms with Gasteiger partial charge in [-0.3, -0.25) is 0 Å². The molecule has 1 aliphatic rings. The minimum Gasteiger partial charge on any atom is -0.310 e. The summed E-state index contributed by atoms with van der Waals surface area (Å²) in [4.78, 5) is 2.92. The third-order valence-corrected chi connectivity index (χ3v) is 5.15. The molecule has 0 fully saturated rings. The summed E-state index contributed by atoms with van der Waals surface area (Å²) in [5, 5.41) is 7.21. The van der Waals surface area contributed by atoms with Gasteiger partial charge < -0.3 is 10.6 Å². The van der Waals surface area contributed by atoms with Gasteiger partial charge in [-0.15, -0.1) is 11.3 Å². The number of fused-ring (bicyclic) bond motifs is 1. The summed E-state index contributed by atoms with van der Waals surface area (Å²) < 4.78 is 0. The molecule has 0 saturated heterocycles. The number of rotatable bonds is 5. The molecule has 1 aliphatic heterocycles. The van der Waals surface area contributed by atoms with Gasteiger partial charge in [-0.25, -0.2) is 0 Å². The Bertz CT molecular complexity index is 562. The number of hydrogen-bond donors (Lipinski definition) is 2. The van der Waals surface area contributed by atoms with E-state index in [4.69, 9.17) is 0 Å². The minimum absolute atomic E-state index is 0.551. The molecule has 106 valence electrons. The summed E-state index contributed by atoms with van der Waals surface area (Å²) in [6, 6.07) is 13.8. The molecule has 3 heteroatoms. The molecule has 0 radical (unpaired) electrons. The maximum Gasteiger partial charge on any atom is 0.0300 e. The quantitative estimate of drug-likeness (QED) is 0.882. The van der Waals surface area contributed by atoms with Crippen LogP contribution in [0.4, 0.5) is 0 Å². The summed E-state index contributed by atoms with van der Waals surface area (Å²) in [6.45, 7) is 5.24. The van der Waals surface area contributed by atoms with E-state index in [1.54, 1.807) is 0 Å². The lowest BCUT2D eigenvalue weighted by molar-refractivity contribution is 0.448. The van der Waals surface area contributed by atoms with Crippen LogP contribution in [0.1, 0.15) is 27.8 Å². The standard InChI is InChI=1S/C17H22N2S/c1-2-16-7-8-17(20-16)12-18-11-15-9-13-5-3-4-6-14(13)10-19-15/h3-8,15,18-19H,2,9-12H2,1H3. The van der Waals surface area contributed by atoms with Gasteiger partial charge in [0.25, 0.3) is 0 Å². The van der Waals surface area contributed by atoms with Gasteiger partial charge in [0, 0.05) is 35.4 Å². The number of benzene rings is 1. The normalized spacial score (nSPS) is 17.9. The summed E-state index contributed by atoms with van der Waals surface area (Å²) in [5.41, 5.74) is 2.96. The minimum atomic E-state index is 0.551. The first-order valence-corrected chi connectivity index (χ1v) is 8.25. The Hall–Kier alpha value is -1.16. The third-order valence-electron chi connectivity index (χ3n) is 3.92. The van der Waals surface area contributed by atoms with Crippen LogP contribution in [0.15, 0.2) is 36.4 Å². The van der Waals surface area contributed by atoms with Crippen molar-refractivity contribution in [1.29, 1.82) is 0 Å². The van der Waals surface area contributed by atoms with E-state index in [0.717, 1.165) is 32.5 Å². The maximum absolute atomic E-state index is 3.62. The Labute approximate surface area is 125 Å². The monoisotopic (exact) mass is 286 g/mol. The van der Waals surface area contributed by atoms with Gasteiger partial charge in [-0.05, 0) is 36.1 Å². The van der Waals surface area contributed by atoms with Gasteiger partial charge in [0.15, 0.2) is 0 Å². The number of aryl methyl sites for hydroxylation is 1. The largest absolute Gasteiger partial charge is 0.310 e. The molecule has 1 atom stereocenters. The van der Waals surface area contributed by atoms with Gasteiger partial charge in [-0.1, -0.05) is 31.2 Å². The molecule has 0 saturated carbocycles. The highest BCUT2D eigenvalue weighted by Gasteiger charge is 2.16. The molecular weight excluding hydrogens is 264 g/mol. The van der Waals surface area contributed by atoms with Gasteiger partial charge in [-0.2, -0.15) is 0 Å². The topological polar surface area (TPSA) is 24.1 Å². The van der Waals surface area contributed by atoms with Gasteiger partial charge >= 0.3 is 0 Å². The number of thiophene rings is 1. The molecule has 1 aromatic heterocycles. The van der Waals surface area contributed by atoms with Crippen LogP contribution in [0.5, 0.6) is 0 Å². The lowest BCUT2D eigenvalue weighted by Crippen LogP contribution is -2.42. The molecule has 0 spiro atoms. The van der Waals surface area contributed by atoms with Crippen molar-refractivity contribution in [3.05, 3.63) is 57.3 Å². The zero-order chi connectivity index (χ0) is 13.8. The number of hydrogen-bond acceptors (Lipinski definition) is 3. The van der Waals surface area contributed by atoms with Gasteiger partial charge in [0.05, 0.1) is 0 Å². The Morgan fingerprint density at radius 3 is 2.75 bits per heavy atom. The van der Waals surface area contributed by atoms with E-state index in [9.17, 15) is 0 Å². The van der Waals surface area contributed by atoms with E-state index in [1.165, 1.54) is 20.9 Å². The maximum atomic E-state index is 3.62. The van der Waals surface area contributed by atoms with Crippen LogP contribution in [-0.2, 0) is 25.9 Å². The number of nitrogens with one attached hydrogen (secondary N) is 2. The highest BCUT2D eigenvalue weighted by Crippen LogP contribution is 2.18. The predicted octanol–water partition coefficient (Wildman–Crippen LogP) is 3.11. The summed E-state index contributed by atoms with van der Waals surface area (Å²) >= 11 is 1.93. The summed E-state index contributed by atoms with van der Waals surface area (Å²) in [5.74, 6) is 0. The molecule has 2 nitrogen and oxygen atoms in total. The molecule has 20 heavy (non-hydrogen) atoms. The molecule has 0 aliphatic carbocycles. The lowest BCUT2D eigenvalue weighted by atomic mass is 9.96. The molecule has 2 N–H and O–H groups in total. The predicted molar refractivity (Wildman–Crippen MR) is 86.2 cm³/mol. The molecule has 3 rings (SSSR count). The SMILES string of the molecule is CCc1ccc(CNCC2Cc3ccccc3CN2)s1. The molecule has 1 unspecified atom stereocenters. The highest BCUT2D eigenvalue weighted by atomic mass is 32.1. The fraction of sp³-hybridized carbons (Fsp3) is 0.412. The van der Waals surface area contributed by atoms with Gasteiger partial charge in [0.2, 0.25) is 0 Å². The van der Waals surface area contributed by atoms with Crippen molar-refractivity contribution in [1.82, 2.24) is 10.6 Å². The van der Waals surface area contributed by atoms with E-state index >= 15 is 0 Å². The van der Waals surface area contributed by atoms with Crippen LogP contribution in [0.3, 0.4) is 0 Å². The zero-order valence-electron chi connectivity index (χ0n) is 12.0. The zero-order valence-corrected chi connectivity index (χ0v) is 12.8. The fourth-order valence-electron chi connectivity index (χ4n) is 2.74. The fourth-order valence-corrected chi connectivity index (χ4v) is 3.67. The average molecular weight is 286 g/mol. The molecule has 1 aromatic carbocycles. The van der Waals surface area contributed by atoms with E-state index < -0.39 is 0 Å². The first-order chi connectivity index (χ1) is 9.85. The summed E-state index contributed by atoms with van der Waals surface area (Å²) in [6.07, 6.45) is 2.28. The molecule has 0 amide bonds. The molecule has 2 aromatic rings. The van der Waals surface area contributed by atoms with Crippen molar-refractivity contribution in [2.24, 2.45) is 0 Å². The second-order valence-corrected chi connectivity index (χ2v) is 6.66. The second-order valence-electron chi connectivity index (χ2n) is 5.40. The molecule has 2 heterocycles. The van der Waals surface area contributed by atoms with Crippen molar-refractivity contribution in [3.63, 3.8) is 0 Å². The Morgan fingerprint density at radius 2 is 1.95 bits per heavy atom. The van der Waals surface area contributed by atoms with Crippen molar-refractivity contribution >= 4 is 11.3 Å². The van der Waals surface area contributed by atoms with Crippen LogP contribution in [0.2, 0.25) is 0 Å². The highest BCUT2D eigenvalue weighted by molar-refractivity contribution is 7.11. The van der Waals surface area contributed by atoms with Crippen LogP contribution in [-0.4, -0.2) is 12.6 Å². The van der Waals surface area contributed by atoms with E-state index in [-0.39, 0.29) is 0 Å². The third kappa shape index (κ3) is 3.29. The smallest absolute Gasteiger partial charge is 0.0300 e. The lowest BCUT2D eigenvalue weighted by Gasteiger charge is -2.26. The Kier molecular flexibility index (Phi) is 4.51. The Balaban J connectivity index is 1.48. The van der Waals surface area contributed by atoms with E-state index in [1.807, 2.05) is 11.3 Å². The van der Waals surface area contributed by atoms with Crippen LogP contribution in [0.25, 0.3) is 0 Å². The van der Waals surface area contributed by atoms with Crippen molar-refractivity contribution in [2.75, 3.05) is 6.54 Å². The molecular formula is C17H22N2S. The molecule has 0 bridgehead atoms. The van der Waals surface area contributed by atoms with Crippen molar-refractivity contribution < 1.29 is 0 Å². The van der Waals surface area contributed by atoms with Crippen molar-refractivity contribution in [3.8, 4) is 0 Å². The van der Waals surface area contributed by atoms with Crippen LogP contribution in [0, 0.1) is 0 Å². The second kappa shape index (κ2) is 6.53. The van der Waals surface area contributed by atoms with E-state index in [2.05, 4.69) is 54.0 Å². The Morgan fingerprint density at radius 1 is 1.15 bits per heavy atom. The summed E-state index contributed by atoms with van der Waals surface area (Å²) in [7, 11) is 0. The van der Waals surface area contributed by atoms with Crippen LogP contribution < -0.4 is 10.6 Å². The van der Waals surface area contributed by atoms with Crippen molar-refractivity contribution in [2.45, 2.75) is 38.9 Å². The van der Waals surface area contributed by atoms with Gasteiger partial charge in [0.1, 0.15) is 0 Å².